The van der Waals surface area contributed by atoms with E-state index in [1.165, 1.54) is 17.0 Å². The number of anilines is 3. The summed E-state index contributed by atoms with van der Waals surface area (Å²) in [4.78, 5) is 14.0. The number of para-hydroxylation sites is 1. The first-order valence-electron chi connectivity index (χ1n) is 7.23. The Morgan fingerprint density at radius 1 is 1.15 bits per heavy atom. The third kappa shape index (κ3) is 4.09. The van der Waals surface area contributed by atoms with E-state index in [0.29, 0.717) is 9.64 Å². The summed E-state index contributed by atoms with van der Waals surface area (Å²) in [6.45, 7) is 0. The van der Waals surface area contributed by atoms with Crippen molar-refractivity contribution in [2.45, 2.75) is 6.18 Å². The predicted octanol–water partition coefficient (Wildman–Crippen LogP) is 5.59. The lowest BCUT2D eigenvalue weighted by atomic mass is 10.2. The lowest BCUT2D eigenvalue weighted by Gasteiger charge is -2.20. The number of benzene rings is 2. The molecule has 0 spiro atoms. The molecule has 0 saturated heterocycles. The van der Waals surface area contributed by atoms with E-state index in [9.17, 15) is 18.0 Å². The number of nitrogens with zero attached hydrogens (tertiary/aromatic N) is 2. The Hall–Kier alpha value is -2.72. The molecule has 0 aliphatic rings. The lowest BCUT2D eigenvalue weighted by molar-refractivity contribution is -0.137. The van der Waals surface area contributed by atoms with Crippen molar-refractivity contribution in [3.63, 3.8) is 0 Å². The first-order chi connectivity index (χ1) is 12.3. The summed E-state index contributed by atoms with van der Waals surface area (Å²) in [5, 5.41) is 9.30. The number of halogens is 3. The molecule has 5 nitrogen and oxygen atoms in total. The van der Waals surface area contributed by atoms with Crippen molar-refractivity contribution in [3.05, 3.63) is 64.1 Å². The number of hydrogen-bond acceptors (Lipinski definition) is 4. The first-order valence-corrected chi connectivity index (χ1v) is 8.46. The molecule has 2 N–H and O–H groups in total. The fourth-order valence-corrected chi connectivity index (χ4v) is 3.06. The van der Waals surface area contributed by atoms with Crippen molar-refractivity contribution in [1.29, 1.82) is 0 Å². The minimum absolute atomic E-state index is 0.0184. The molecule has 26 heavy (non-hydrogen) atoms. The van der Waals surface area contributed by atoms with Crippen LogP contribution in [0.5, 0.6) is 0 Å². The van der Waals surface area contributed by atoms with Gasteiger partial charge in [-0.05, 0) is 42.5 Å². The second kappa shape index (κ2) is 7.26. The van der Waals surface area contributed by atoms with Crippen LogP contribution in [0.3, 0.4) is 0 Å². The van der Waals surface area contributed by atoms with Crippen molar-refractivity contribution in [1.82, 2.24) is 10.2 Å². The molecular weight excluding hydrogens is 385 g/mol. The fourth-order valence-electron chi connectivity index (χ4n) is 2.16. The average molecular weight is 396 g/mol. The van der Waals surface area contributed by atoms with Gasteiger partial charge in [0.1, 0.15) is 0 Å². The van der Waals surface area contributed by atoms with E-state index in [0.717, 1.165) is 23.5 Å². The van der Waals surface area contributed by atoms with E-state index in [1.807, 2.05) is 0 Å². The van der Waals surface area contributed by atoms with Crippen molar-refractivity contribution >= 4 is 46.1 Å². The maximum absolute atomic E-state index is 12.8. The highest BCUT2D eigenvalue weighted by Crippen LogP contribution is 2.32. The molecule has 0 radical (unpaired) electrons. The summed E-state index contributed by atoms with van der Waals surface area (Å²) in [6.07, 6.45) is -4.50. The van der Waals surface area contributed by atoms with Crippen LogP contribution in [0, 0.1) is 3.95 Å². The van der Waals surface area contributed by atoms with Crippen molar-refractivity contribution in [2.75, 3.05) is 10.2 Å². The number of urea groups is 1. The Bertz CT molecular complexity index is 969. The zero-order chi connectivity index (χ0) is 18.7. The molecule has 134 valence electrons. The molecule has 0 aliphatic heterocycles. The maximum Gasteiger partial charge on any atom is 0.416 e. The normalized spacial score (nSPS) is 11.2. The average Bonchev–Trinajstić information content (AvgIpc) is 3.01. The van der Waals surface area contributed by atoms with E-state index in [1.54, 1.807) is 30.3 Å². The Morgan fingerprint density at radius 3 is 2.50 bits per heavy atom. The molecule has 3 rings (SSSR count). The smallest absolute Gasteiger partial charge is 0.307 e. The summed E-state index contributed by atoms with van der Waals surface area (Å²) >= 11 is 6.06. The SMILES string of the molecule is O=C(Nc1cccc(C(F)(F)F)c1)N(c1ccccc1)c1n[nH]c(=S)s1. The van der Waals surface area contributed by atoms with Gasteiger partial charge in [-0.3, -0.25) is 5.10 Å². The molecule has 10 heteroatoms. The fraction of sp³-hybridized carbons (Fsp3) is 0.0625. The number of amides is 2. The summed E-state index contributed by atoms with van der Waals surface area (Å²) in [5.74, 6) is 0. The molecule has 2 amide bonds. The number of nitrogens with one attached hydrogen (secondary N) is 2. The van der Waals surface area contributed by atoms with Gasteiger partial charge in [0.25, 0.3) is 0 Å². The van der Waals surface area contributed by atoms with E-state index in [2.05, 4.69) is 15.5 Å². The second-order valence-corrected chi connectivity index (χ2v) is 6.72. The Kier molecular flexibility index (Phi) is 5.05. The van der Waals surface area contributed by atoms with Gasteiger partial charge in [0, 0.05) is 5.69 Å². The van der Waals surface area contributed by atoms with Crippen LogP contribution in [0.1, 0.15) is 5.56 Å². The maximum atomic E-state index is 12.8. The van der Waals surface area contributed by atoms with Gasteiger partial charge >= 0.3 is 12.2 Å². The molecule has 0 fully saturated rings. The van der Waals surface area contributed by atoms with Crippen LogP contribution in [0.25, 0.3) is 0 Å². The van der Waals surface area contributed by atoms with Crippen LogP contribution in [-0.4, -0.2) is 16.2 Å². The van der Waals surface area contributed by atoms with Gasteiger partial charge in [-0.25, -0.2) is 9.69 Å². The highest BCUT2D eigenvalue weighted by molar-refractivity contribution is 7.73. The van der Waals surface area contributed by atoms with Crippen LogP contribution < -0.4 is 10.2 Å². The van der Waals surface area contributed by atoms with Crippen molar-refractivity contribution < 1.29 is 18.0 Å². The number of alkyl halides is 3. The number of aromatic nitrogens is 2. The van der Waals surface area contributed by atoms with Gasteiger partial charge in [0.05, 0.1) is 11.3 Å². The van der Waals surface area contributed by atoms with Crippen LogP contribution in [0.15, 0.2) is 54.6 Å². The Balaban J connectivity index is 1.93. The van der Waals surface area contributed by atoms with E-state index < -0.39 is 17.8 Å². The Labute approximate surface area is 155 Å². The second-order valence-electron chi connectivity index (χ2n) is 5.08. The van der Waals surface area contributed by atoms with Crippen LogP contribution in [0.2, 0.25) is 0 Å². The number of hydrogen-bond donors (Lipinski definition) is 2. The summed E-state index contributed by atoms with van der Waals surface area (Å²) in [7, 11) is 0. The molecule has 0 unspecified atom stereocenters. The zero-order valence-corrected chi connectivity index (χ0v) is 14.6. The van der Waals surface area contributed by atoms with Crippen LogP contribution in [-0.2, 0) is 6.18 Å². The number of aromatic amines is 1. The summed E-state index contributed by atoms with van der Waals surface area (Å²) in [6, 6.07) is 12.3. The standard InChI is InChI=1S/C16H11F3N4OS2/c17-16(18,19)10-5-4-6-11(9-10)20-13(24)23(12-7-2-1-3-8-12)14-21-22-15(25)26-14/h1-9H,(H,20,24)(H,22,25). The van der Waals surface area contributed by atoms with E-state index >= 15 is 0 Å². The lowest BCUT2D eigenvalue weighted by Crippen LogP contribution is -2.30. The Morgan fingerprint density at radius 2 is 1.88 bits per heavy atom. The molecule has 0 aliphatic carbocycles. The molecule has 0 bridgehead atoms. The minimum atomic E-state index is -4.50. The molecular formula is C16H11F3N4OS2. The monoisotopic (exact) mass is 396 g/mol. The van der Waals surface area contributed by atoms with E-state index in [-0.39, 0.29) is 10.8 Å². The molecule has 3 aromatic rings. The van der Waals surface area contributed by atoms with Crippen LogP contribution in [0.4, 0.5) is 34.5 Å². The first kappa shape index (κ1) is 18.1. The van der Waals surface area contributed by atoms with Gasteiger partial charge in [-0.1, -0.05) is 35.6 Å². The quantitative estimate of drug-likeness (QED) is 0.568. The molecule has 1 aromatic heterocycles. The molecule has 2 aromatic carbocycles. The summed E-state index contributed by atoms with van der Waals surface area (Å²) < 4.78 is 38.9. The van der Waals surface area contributed by atoms with Gasteiger partial charge in [-0.15, -0.1) is 5.10 Å². The number of carbonyl (C=O) groups excluding carboxylic acids is 1. The van der Waals surface area contributed by atoms with Gasteiger partial charge in [0.2, 0.25) is 5.13 Å². The highest BCUT2D eigenvalue weighted by atomic mass is 32.1. The number of carbonyl (C=O) groups is 1. The van der Waals surface area contributed by atoms with Crippen molar-refractivity contribution in [3.8, 4) is 0 Å². The van der Waals surface area contributed by atoms with Gasteiger partial charge in [-0.2, -0.15) is 13.2 Å². The van der Waals surface area contributed by atoms with Gasteiger partial charge in [0.15, 0.2) is 3.95 Å². The largest absolute Gasteiger partial charge is 0.416 e. The molecule has 0 atom stereocenters. The van der Waals surface area contributed by atoms with Crippen LogP contribution >= 0.6 is 23.6 Å². The topological polar surface area (TPSA) is 61.0 Å². The number of H-pyrrole nitrogens is 1. The molecule has 1 heterocycles. The third-order valence-corrected chi connectivity index (χ3v) is 4.35. The number of rotatable bonds is 3. The predicted molar refractivity (Wildman–Crippen MR) is 96.3 cm³/mol. The highest BCUT2D eigenvalue weighted by Gasteiger charge is 2.30. The molecule has 0 saturated carbocycles. The minimum Gasteiger partial charge on any atom is -0.307 e. The summed E-state index contributed by atoms with van der Waals surface area (Å²) in [5.41, 5.74) is -0.336. The van der Waals surface area contributed by atoms with Crippen molar-refractivity contribution in [2.24, 2.45) is 0 Å². The third-order valence-electron chi connectivity index (χ3n) is 3.28. The van der Waals surface area contributed by atoms with E-state index in [4.69, 9.17) is 12.2 Å². The zero-order valence-electron chi connectivity index (χ0n) is 12.9. The van der Waals surface area contributed by atoms with Gasteiger partial charge < -0.3 is 5.32 Å².